The first-order chi connectivity index (χ1) is 15.5. The summed E-state index contributed by atoms with van der Waals surface area (Å²) in [6.45, 7) is 3.39. The van der Waals surface area contributed by atoms with Crippen molar-refractivity contribution in [1.82, 2.24) is 9.97 Å². The number of anilines is 2. The number of aromatic amines is 1. The summed E-state index contributed by atoms with van der Waals surface area (Å²) in [6, 6.07) is 14.2. The Morgan fingerprint density at radius 1 is 1.00 bits per heavy atom. The summed E-state index contributed by atoms with van der Waals surface area (Å²) in [7, 11) is 0. The van der Waals surface area contributed by atoms with E-state index in [0.717, 1.165) is 0 Å². The third-order valence-electron chi connectivity index (χ3n) is 4.59. The highest BCUT2D eigenvalue weighted by atomic mass is 32.2. The molecule has 1 unspecified atom stereocenters. The number of imidazole rings is 1. The minimum atomic E-state index is -0.370. The Morgan fingerprint density at radius 3 is 2.19 bits per heavy atom. The molecule has 9 heteroatoms. The fourth-order valence-electron chi connectivity index (χ4n) is 3.12. The molecule has 0 bridgehead atoms. The molecule has 0 spiro atoms. The predicted octanol–water partition coefficient (Wildman–Crippen LogP) is 5.40. The molecule has 0 aliphatic heterocycles. The van der Waals surface area contributed by atoms with Crippen molar-refractivity contribution in [2.24, 2.45) is 0 Å². The van der Waals surface area contributed by atoms with Gasteiger partial charge in [-0.3, -0.25) is 9.59 Å². The fraction of sp³-hybridized carbons (Fsp3) is 0.174. The van der Waals surface area contributed by atoms with Crippen molar-refractivity contribution in [3.63, 3.8) is 0 Å². The lowest BCUT2D eigenvalue weighted by Gasteiger charge is -2.13. The van der Waals surface area contributed by atoms with Crippen LogP contribution in [0.2, 0.25) is 0 Å². The highest BCUT2D eigenvalue weighted by Crippen LogP contribution is 2.35. The van der Waals surface area contributed by atoms with E-state index in [-0.39, 0.29) is 17.1 Å². The molecule has 4 rings (SSSR count). The molecule has 0 saturated heterocycles. The van der Waals surface area contributed by atoms with Gasteiger partial charge < -0.3 is 24.5 Å². The molecule has 8 nitrogen and oxygen atoms in total. The molecule has 0 aliphatic carbocycles. The number of carbonyl (C=O) groups excluding carboxylic acids is 2. The van der Waals surface area contributed by atoms with Crippen LogP contribution < -0.4 is 10.6 Å². The van der Waals surface area contributed by atoms with E-state index in [1.807, 2.05) is 19.1 Å². The molecule has 3 aromatic heterocycles. The number of hydrogen-bond acceptors (Lipinski definition) is 6. The summed E-state index contributed by atoms with van der Waals surface area (Å²) in [5.74, 6) is 0.953. The largest absolute Gasteiger partial charge is 0.463 e. The van der Waals surface area contributed by atoms with Crippen LogP contribution in [-0.2, 0) is 9.59 Å². The smallest absolute Gasteiger partial charge is 0.237 e. The molecule has 3 N–H and O–H groups in total. The van der Waals surface area contributed by atoms with E-state index in [1.165, 1.54) is 18.7 Å². The second-order valence-electron chi connectivity index (χ2n) is 6.98. The van der Waals surface area contributed by atoms with Gasteiger partial charge in [-0.15, -0.1) is 0 Å². The van der Waals surface area contributed by atoms with Gasteiger partial charge in [0.05, 0.1) is 17.8 Å². The number of furan rings is 2. The number of nitrogens with one attached hydrogen (secondary N) is 3. The van der Waals surface area contributed by atoms with Crippen molar-refractivity contribution in [3.05, 3.63) is 61.1 Å². The molecule has 32 heavy (non-hydrogen) atoms. The predicted molar refractivity (Wildman–Crippen MR) is 123 cm³/mol. The van der Waals surface area contributed by atoms with Crippen molar-refractivity contribution < 1.29 is 18.4 Å². The summed E-state index contributed by atoms with van der Waals surface area (Å²) < 4.78 is 11.1. The number of carbonyl (C=O) groups is 2. The monoisotopic (exact) mass is 450 g/mol. The van der Waals surface area contributed by atoms with Crippen LogP contribution in [0.15, 0.2) is 75.0 Å². The second kappa shape index (κ2) is 9.61. The van der Waals surface area contributed by atoms with Crippen LogP contribution in [0.25, 0.3) is 22.9 Å². The van der Waals surface area contributed by atoms with Gasteiger partial charge in [-0.25, -0.2) is 4.98 Å². The first kappa shape index (κ1) is 21.5. The Labute approximate surface area is 188 Å². The van der Waals surface area contributed by atoms with Crippen LogP contribution >= 0.6 is 11.8 Å². The van der Waals surface area contributed by atoms with E-state index in [1.54, 1.807) is 48.9 Å². The van der Waals surface area contributed by atoms with Gasteiger partial charge in [0.1, 0.15) is 11.4 Å². The molecule has 2 amide bonds. The van der Waals surface area contributed by atoms with Crippen molar-refractivity contribution in [2.75, 3.05) is 10.6 Å². The number of rotatable bonds is 8. The van der Waals surface area contributed by atoms with Crippen molar-refractivity contribution in [2.45, 2.75) is 30.7 Å². The third kappa shape index (κ3) is 4.94. The highest BCUT2D eigenvalue weighted by Gasteiger charge is 2.23. The average Bonchev–Trinajstić information content (AvgIpc) is 3.53. The van der Waals surface area contributed by atoms with Gasteiger partial charge in [0, 0.05) is 18.3 Å². The van der Waals surface area contributed by atoms with Gasteiger partial charge >= 0.3 is 0 Å². The van der Waals surface area contributed by atoms with Gasteiger partial charge in [-0.2, -0.15) is 0 Å². The first-order valence-electron chi connectivity index (χ1n) is 10.1. The van der Waals surface area contributed by atoms with Crippen molar-refractivity contribution >= 4 is 35.0 Å². The van der Waals surface area contributed by atoms with Crippen LogP contribution in [0.1, 0.15) is 20.3 Å². The normalized spacial score (nSPS) is 11.8. The number of nitrogens with zero attached hydrogens (tertiary/aromatic N) is 1. The van der Waals surface area contributed by atoms with Gasteiger partial charge in [0.15, 0.2) is 16.7 Å². The number of H-pyrrole nitrogens is 1. The lowest BCUT2D eigenvalue weighted by molar-refractivity contribution is -0.116. The SMILES string of the molecule is CCC(Sc1nc(-c2ccco2)c(-c2ccco2)[nH]1)C(=O)Nc1ccc(NC(C)=O)cc1. The molecule has 0 saturated carbocycles. The zero-order valence-corrected chi connectivity index (χ0v) is 18.4. The second-order valence-corrected chi connectivity index (χ2v) is 8.17. The number of amides is 2. The lowest BCUT2D eigenvalue weighted by Crippen LogP contribution is -2.24. The van der Waals surface area contributed by atoms with E-state index < -0.39 is 0 Å². The highest BCUT2D eigenvalue weighted by molar-refractivity contribution is 8.00. The summed E-state index contributed by atoms with van der Waals surface area (Å²) >= 11 is 1.34. The maximum absolute atomic E-state index is 12.9. The van der Waals surface area contributed by atoms with Crippen LogP contribution in [0, 0.1) is 0 Å². The maximum atomic E-state index is 12.9. The quantitative estimate of drug-likeness (QED) is 0.310. The van der Waals surface area contributed by atoms with Crippen molar-refractivity contribution in [1.29, 1.82) is 0 Å². The van der Waals surface area contributed by atoms with Crippen LogP contribution in [0.5, 0.6) is 0 Å². The van der Waals surface area contributed by atoms with E-state index in [2.05, 4.69) is 20.6 Å². The minimum Gasteiger partial charge on any atom is -0.463 e. The average molecular weight is 451 g/mol. The third-order valence-corrected chi connectivity index (χ3v) is 5.84. The van der Waals surface area contributed by atoms with E-state index in [4.69, 9.17) is 8.83 Å². The molecule has 0 radical (unpaired) electrons. The van der Waals surface area contributed by atoms with Gasteiger partial charge in [-0.05, 0) is 55.0 Å². The molecule has 0 aliphatic rings. The summed E-state index contributed by atoms with van der Waals surface area (Å²) in [5.41, 5.74) is 2.63. The number of aromatic nitrogens is 2. The Hall–Kier alpha value is -3.72. The van der Waals surface area contributed by atoms with E-state index >= 15 is 0 Å². The molecule has 164 valence electrons. The van der Waals surface area contributed by atoms with Crippen LogP contribution in [0.4, 0.5) is 11.4 Å². The zero-order chi connectivity index (χ0) is 22.5. The molecular formula is C23H22N4O4S. The molecular weight excluding hydrogens is 428 g/mol. The Balaban J connectivity index is 1.50. The Kier molecular flexibility index (Phi) is 6.46. The van der Waals surface area contributed by atoms with Gasteiger partial charge in [-0.1, -0.05) is 18.7 Å². The standard InChI is InChI=1S/C23H22N4O4S/c1-3-19(22(29)25-16-10-8-15(9-11-16)24-14(2)28)32-23-26-20(17-6-4-12-30-17)21(27-23)18-7-5-13-31-18/h4-13,19H,3H2,1-2H3,(H,24,28)(H,25,29)(H,26,27). The van der Waals surface area contributed by atoms with Crippen molar-refractivity contribution in [3.8, 4) is 22.9 Å². The summed E-state index contributed by atoms with van der Waals surface area (Å²) in [4.78, 5) is 31.9. The zero-order valence-electron chi connectivity index (χ0n) is 17.5. The number of hydrogen-bond donors (Lipinski definition) is 3. The molecule has 3 heterocycles. The molecule has 0 fully saturated rings. The number of thioether (sulfide) groups is 1. The Bertz CT molecular complexity index is 1130. The minimum absolute atomic E-state index is 0.139. The first-order valence-corrected chi connectivity index (χ1v) is 10.9. The number of benzene rings is 1. The molecule has 1 atom stereocenters. The van der Waals surface area contributed by atoms with Gasteiger partial charge in [0.2, 0.25) is 11.8 Å². The fourth-order valence-corrected chi connectivity index (χ4v) is 4.03. The van der Waals surface area contributed by atoms with Gasteiger partial charge in [0.25, 0.3) is 0 Å². The Morgan fingerprint density at radius 2 is 1.62 bits per heavy atom. The lowest BCUT2D eigenvalue weighted by atomic mass is 10.2. The maximum Gasteiger partial charge on any atom is 0.237 e. The van der Waals surface area contributed by atoms with Crippen LogP contribution in [0.3, 0.4) is 0 Å². The topological polar surface area (TPSA) is 113 Å². The van der Waals surface area contributed by atoms with Crippen LogP contribution in [-0.4, -0.2) is 27.0 Å². The van der Waals surface area contributed by atoms with E-state index in [0.29, 0.717) is 45.9 Å². The summed E-state index contributed by atoms with van der Waals surface area (Å²) in [6.07, 6.45) is 3.78. The summed E-state index contributed by atoms with van der Waals surface area (Å²) in [5, 5.41) is 5.84. The molecule has 1 aromatic carbocycles. The van der Waals surface area contributed by atoms with E-state index in [9.17, 15) is 9.59 Å². The molecule has 4 aromatic rings.